The normalized spacial score (nSPS) is 11.1. The van der Waals surface area contributed by atoms with Gasteiger partial charge in [-0.15, -0.1) is 0 Å². The molecule has 0 aliphatic heterocycles. The van der Waals surface area contributed by atoms with Crippen LogP contribution in [0.1, 0.15) is 49.7 Å². The second-order valence-corrected chi connectivity index (χ2v) is 7.62. The zero-order valence-corrected chi connectivity index (χ0v) is 17.6. The Hall–Kier alpha value is -4.05. The highest BCUT2D eigenvalue weighted by Gasteiger charge is 2.29. The van der Waals surface area contributed by atoms with E-state index < -0.39 is 17.2 Å². The van der Waals surface area contributed by atoms with Gasteiger partial charge in [-0.3, -0.25) is 14.2 Å². The average molecular weight is 416 g/mol. The number of carbonyl (C=O) groups excluding carboxylic acids is 1. The number of aromatic hydroxyl groups is 1. The van der Waals surface area contributed by atoms with Gasteiger partial charge in [0.05, 0.1) is 18.4 Å². The van der Waals surface area contributed by atoms with Crippen LogP contribution in [0.3, 0.4) is 0 Å². The number of benzene rings is 1. The molecule has 0 unspecified atom stereocenters. The Morgan fingerprint density at radius 1 is 1.19 bits per heavy atom. The first-order valence-corrected chi connectivity index (χ1v) is 9.68. The van der Waals surface area contributed by atoms with Crippen LogP contribution in [0, 0.1) is 39.0 Å². The van der Waals surface area contributed by atoms with Crippen molar-refractivity contribution >= 4 is 16.8 Å². The SMILES string of the molecule is Cc1cc(C)c2c(C)c(C(=O)c3c(C)c(C#N)c(=O)n(Cc4ccco4)c3O)oc2c1. The Labute approximate surface area is 177 Å². The van der Waals surface area contributed by atoms with E-state index in [1.165, 1.54) is 13.2 Å². The van der Waals surface area contributed by atoms with Crippen LogP contribution < -0.4 is 5.56 Å². The molecule has 0 radical (unpaired) electrons. The Bertz CT molecular complexity index is 1450. The number of aryl methyl sites for hydroxylation is 3. The highest BCUT2D eigenvalue weighted by atomic mass is 16.3. The van der Waals surface area contributed by atoms with Gasteiger partial charge in [0.15, 0.2) is 5.76 Å². The molecule has 3 heterocycles. The maximum atomic E-state index is 13.5. The summed E-state index contributed by atoms with van der Waals surface area (Å²) in [5, 5.41) is 21.3. The van der Waals surface area contributed by atoms with Crippen molar-refractivity contribution in [3.8, 4) is 11.9 Å². The summed E-state index contributed by atoms with van der Waals surface area (Å²) < 4.78 is 12.1. The summed E-state index contributed by atoms with van der Waals surface area (Å²) in [5.74, 6) is -0.662. The van der Waals surface area contributed by atoms with Crippen LogP contribution in [0.4, 0.5) is 0 Å². The molecule has 0 atom stereocenters. The molecule has 0 aliphatic rings. The van der Waals surface area contributed by atoms with E-state index in [1.54, 1.807) is 19.1 Å². The lowest BCUT2D eigenvalue weighted by atomic mass is 9.97. The lowest BCUT2D eigenvalue weighted by Crippen LogP contribution is -2.27. The number of furan rings is 2. The van der Waals surface area contributed by atoms with Gasteiger partial charge in [-0.2, -0.15) is 5.26 Å². The van der Waals surface area contributed by atoms with Crippen molar-refractivity contribution in [1.29, 1.82) is 5.26 Å². The first kappa shape index (κ1) is 20.2. The molecule has 0 fully saturated rings. The largest absolute Gasteiger partial charge is 0.494 e. The lowest BCUT2D eigenvalue weighted by Gasteiger charge is -2.14. The minimum atomic E-state index is -0.696. The summed E-state index contributed by atoms with van der Waals surface area (Å²) in [6.07, 6.45) is 1.44. The van der Waals surface area contributed by atoms with Crippen LogP contribution in [0.25, 0.3) is 11.0 Å². The first-order chi connectivity index (χ1) is 14.7. The van der Waals surface area contributed by atoms with Crippen LogP contribution >= 0.6 is 0 Å². The van der Waals surface area contributed by atoms with Crippen LogP contribution in [-0.2, 0) is 6.54 Å². The van der Waals surface area contributed by atoms with Gasteiger partial charge in [-0.25, -0.2) is 0 Å². The molecule has 7 nitrogen and oxygen atoms in total. The highest BCUT2D eigenvalue weighted by molar-refractivity contribution is 6.13. The van der Waals surface area contributed by atoms with E-state index in [9.17, 15) is 20.0 Å². The number of ketones is 1. The third-order valence-corrected chi connectivity index (χ3v) is 5.50. The second-order valence-electron chi connectivity index (χ2n) is 7.62. The highest BCUT2D eigenvalue weighted by Crippen LogP contribution is 2.33. The molecule has 1 aromatic carbocycles. The molecule has 0 saturated carbocycles. The number of hydrogen-bond acceptors (Lipinski definition) is 6. The third-order valence-electron chi connectivity index (χ3n) is 5.50. The molecule has 4 rings (SSSR count). The van der Waals surface area contributed by atoms with Gasteiger partial charge in [0.2, 0.25) is 11.7 Å². The van der Waals surface area contributed by atoms with E-state index in [0.29, 0.717) is 16.9 Å². The fourth-order valence-electron chi connectivity index (χ4n) is 4.05. The average Bonchev–Trinajstić information content (AvgIpc) is 3.33. The number of nitriles is 1. The fraction of sp³-hybridized carbons (Fsp3) is 0.208. The zero-order valence-electron chi connectivity index (χ0n) is 17.6. The molecule has 0 bridgehead atoms. The van der Waals surface area contributed by atoms with Crippen LogP contribution in [0.2, 0.25) is 0 Å². The van der Waals surface area contributed by atoms with Gasteiger partial charge < -0.3 is 13.9 Å². The van der Waals surface area contributed by atoms with Crippen LogP contribution in [-0.4, -0.2) is 15.5 Å². The fourth-order valence-corrected chi connectivity index (χ4v) is 4.05. The summed E-state index contributed by atoms with van der Waals surface area (Å²) in [6.45, 7) is 7.00. The topological polar surface area (TPSA) is 109 Å². The van der Waals surface area contributed by atoms with Gasteiger partial charge in [-0.05, 0) is 62.6 Å². The quantitative estimate of drug-likeness (QED) is 0.497. The maximum absolute atomic E-state index is 13.5. The smallest absolute Gasteiger partial charge is 0.271 e. The molecule has 31 heavy (non-hydrogen) atoms. The van der Waals surface area contributed by atoms with Crippen molar-refractivity contribution < 1.29 is 18.7 Å². The molecular formula is C24H20N2O5. The van der Waals surface area contributed by atoms with Crippen molar-refractivity contribution in [2.75, 3.05) is 0 Å². The Balaban J connectivity index is 1.96. The minimum absolute atomic E-state index is 0.0641. The van der Waals surface area contributed by atoms with E-state index in [1.807, 2.05) is 32.0 Å². The lowest BCUT2D eigenvalue weighted by molar-refractivity contribution is 0.100. The van der Waals surface area contributed by atoms with Gasteiger partial charge in [0.25, 0.3) is 5.56 Å². The number of hydrogen-bond donors (Lipinski definition) is 1. The van der Waals surface area contributed by atoms with Crippen LogP contribution in [0.15, 0.2) is 44.2 Å². The summed E-state index contributed by atoms with van der Waals surface area (Å²) in [4.78, 5) is 26.3. The molecule has 156 valence electrons. The Morgan fingerprint density at radius 2 is 1.94 bits per heavy atom. The molecule has 0 aliphatic carbocycles. The predicted molar refractivity (Wildman–Crippen MR) is 113 cm³/mol. The summed E-state index contributed by atoms with van der Waals surface area (Å²) in [6, 6.07) is 8.98. The van der Waals surface area contributed by atoms with E-state index in [-0.39, 0.29) is 29.0 Å². The number of rotatable bonds is 4. The van der Waals surface area contributed by atoms with E-state index >= 15 is 0 Å². The molecule has 0 spiro atoms. The number of pyridine rings is 1. The molecule has 1 N–H and O–H groups in total. The zero-order chi connectivity index (χ0) is 22.4. The number of carbonyl (C=O) groups is 1. The molecular weight excluding hydrogens is 396 g/mol. The van der Waals surface area contributed by atoms with Gasteiger partial charge >= 0.3 is 0 Å². The van der Waals surface area contributed by atoms with Gasteiger partial charge in [-0.1, -0.05) is 6.07 Å². The second kappa shape index (κ2) is 7.33. The number of fused-ring (bicyclic) bond motifs is 1. The summed E-state index contributed by atoms with van der Waals surface area (Å²) in [5.41, 5.74) is 2.23. The summed E-state index contributed by atoms with van der Waals surface area (Å²) >= 11 is 0. The van der Waals surface area contributed by atoms with Gasteiger partial charge in [0, 0.05) is 10.9 Å². The standard InChI is InChI=1S/C24H20N2O5/c1-12-8-13(2)19-15(4)22(31-18(19)9-12)21(27)20-14(3)17(10-25)23(28)26(24(20)29)11-16-6-5-7-30-16/h5-9,29H,11H2,1-4H3. The number of nitrogens with zero attached hydrogens (tertiary/aromatic N) is 2. The van der Waals surface area contributed by atoms with Crippen molar-refractivity contribution in [2.45, 2.75) is 34.2 Å². The number of aromatic nitrogens is 1. The Kier molecular flexibility index (Phi) is 4.78. The van der Waals surface area contributed by atoms with E-state index in [2.05, 4.69) is 0 Å². The predicted octanol–water partition coefficient (Wildman–Crippen LogP) is 4.28. The molecule has 0 saturated heterocycles. The summed E-state index contributed by atoms with van der Waals surface area (Å²) in [7, 11) is 0. The van der Waals surface area contributed by atoms with Gasteiger partial charge in [0.1, 0.15) is 23.0 Å². The first-order valence-electron chi connectivity index (χ1n) is 9.68. The van der Waals surface area contributed by atoms with Crippen LogP contribution in [0.5, 0.6) is 5.88 Å². The minimum Gasteiger partial charge on any atom is -0.494 e. The molecule has 0 amide bonds. The van der Waals surface area contributed by atoms with E-state index in [4.69, 9.17) is 8.83 Å². The van der Waals surface area contributed by atoms with E-state index in [0.717, 1.165) is 21.1 Å². The molecule has 4 aromatic rings. The van der Waals surface area contributed by atoms with Crippen molar-refractivity contribution in [1.82, 2.24) is 4.57 Å². The monoisotopic (exact) mass is 416 g/mol. The van der Waals surface area contributed by atoms with Crippen molar-refractivity contribution in [2.24, 2.45) is 0 Å². The molecule has 7 heteroatoms. The maximum Gasteiger partial charge on any atom is 0.271 e. The van der Waals surface area contributed by atoms with Crippen molar-refractivity contribution in [3.05, 3.63) is 85.8 Å². The molecule has 3 aromatic heterocycles. The third kappa shape index (κ3) is 3.13. The van der Waals surface area contributed by atoms with Crippen molar-refractivity contribution in [3.63, 3.8) is 0 Å². The Morgan fingerprint density at radius 3 is 2.58 bits per heavy atom.